The van der Waals surface area contributed by atoms with Crippen molar-refractivity contribution < 1.29 is 13.5 Å². The summed E-state index contributed by atoms with van der Waals surface area (Å²) in [6, 6.07) is 9.68. The molecule has 0 radical (unpaired) electrons. The molecule has 0 amide bonds. The summed E-state index contributed by atoms with van der Waals surface area (Å²) in [4.78, 5) is 16.3. The molecule has 2 unspecified atom stereocenters. The minimum atomic E-state index is -0.693. The number of H-pyrrole nitrogens is 1. The maximum atomic E-state index is 15.6. The summed E-state index contributed by atoms with van der Waals surface area (Å²) in [6.45, 7) is 10.2. The van der Waals surface area contributed by atoms with Crippen molar-refractivity contribution in [1.82, 2.24) is 25.1 Å². The van der Waals surface area contributed by atoms with Gasteiger partial charge in [0.2, 0.25) is 0 Å². The van der Waals surface area contributed by atoms with Gasteiger partial charge in [-0.3, -0.25) is 10.1 Å². The molecule has 5 aromatic rings. The van der Waals surface area contributed by atoms with E-state index in [0.717, 1.165) is 53.2 Å². The van der Waals surface area contributed by atoms with Crippen LogP contribution in [0.25, 0.3) is 33.4 Å². The highest BCUT2D eigenvalue weighted by atomic mass is 19.1. The Morgan fingerprint density at radius 1 is 1.09 bits per heavy atom. The number of rotatable bonds is 6. The predicted molar refractivity (Wildman–Crippen MR) is 163 cm³/mol. The summed E-state index contributed by atoms with van der Waals surface area (Å²) in [5, 5.41) is 11.2. The number of halogens is 2. The highest BCUT2D eigenvalue weighted by Crippen LogP contribution is 2.44. The van der Waals surface area contributed by atoms with Gasteiger partial charge in [0.25, 0.3) is 0 Å². The number of hydrogen-bond acceptors (Lipinski definition) is 7. The van der Waals surface area contributed by atoms with E-state index < -0.39 is 11.6 Å². The van der Waals surface area contributed by atoms with Gasteiger partial charge >= 0.3 is 0 Å². The van der Waals surface area contributed by atoms with E-state index in [1.807, 2.05) is 51.2 Å². The van der Waals surface area contributed by atoms with Crippen molar-refractivity contribution in [2.45, 2.75) is 40.2 Å². The Morgan fingerprint density at radius 3 is 2.65 bits per heavy atom. The SMILES string of the molecule is Cc1n[nH]c(C)c1-c1cnc(N2CCOC([C@H]3CC3C)C2)cc1Nc1c(C)c(-c2ccccn2)nc2cc(F)cc(F)c12. The Hall–Kier alpha value is -4.44. The second kappa shape index (κ2) is 10.7. The molecular formula is C33H33F2N7O. The van der Waals surface area contributed by atoms with Crippen LogP contribution in [0, 0.1) is 44.2 Å². The number of aromatic nitrogens is 5. The predicted octanol–water partition coefficient (Wildman–Crippen LogP) is 6.89. The van der Waals surface area contributed by atoms with Crippen molar-refractivity contribution in [1.29, 1.82) is 0 Å². The van der Waals surface area contributed by atoms with Gasteiger partial charge in [0.15, 0.2) is 0 Å². The fraction of sp³-hybridized carbons (Fsp3) is 0.333. The Balaban J connectivity index is 1.39. The quantitative estimate of drug-likeness (QED) is 0.226. The average molecular weight is 582 g/mol. The van der Waals surface area contributed by atoms with E-state index in [4.69, 9.17) is 9.72 Å². The Kier molecular flexibility index (Phi) is 6.80. The molecule has 2 N–H and O–H groups in total. The van der Waals surface area contributed by atoms with Gasteiger partial charge in [0.05, 0.1) is 52.1 Å². The van der Waals surface area contributed by atoms with Crippen LogP contribution in [-0.4, -0.2) is 50.9 Å². The van der Waals surface area contributed by atoms with Gasteiger partial charge in [-0.25, -0.2) is 18.7 Å². The number of anilines is 3. The first-order chi connectivity index (χ1) is 20.8. The van der Waals surface area contributed by atoms with E-state index in [2.05, 4.69) is 37.3 Å². The molecule has 1 saturated carbocycles. The number of morpholine rings is 1. The van der Waals surface area contributed by atoms with E-state index in [9.17, 15) is 4.39 Å². The number of hydrogen-bond donors (Lipinski definition) is 2. The smallest absolute Gasteiger partial charge is 0.137 e. The number of nitrogens with zero attached hydrogens (tertiary/aromatic N) is 5. The van der Waals surface area contributed by atoms with Gasteiger partial charge in [-0.2, -0.15) is 5.10 Å². The molecule has 2 fully saturated rings. The normalized spacial score (nSPS) is 20.0. The first kappa shape index (κ1) is 27.4. The molecule has 1 saturated heterocycles. The lowest BCUT2D eigenvalue weighted by Crippen LogP contribution is -2.44. The number of aromatic amines is 1. The molecule has 5 heterocycles. The number of nitrogens with one attached hydrogen (secondary N) is 2. The summed E-state index contributed by atoms with van der Waals surface area (Å²) in [5.74, 6) is 0.680. The van der Waals surface area contributed by atoms with E-state index >= 15 is 4.39 Å². The molecule has 0 bridgehead atoms. The zero-order valence-corrected chi connectivity index (χ0v) is 24.6. The van der Waals surface area contributed by atoms with Gasteiger partial charge in [-0.15, -0.1) is 0 Å². The molecule has 3 atom stereocenters. The molecule has 0 spiro atoms. The molecule has 7 rings (SSSR count). The number of ether oxygens (including phenoxy) is 1. The lowest BCUT2D eigenvalue weighted by molar-refractivity contribution is 0.0232. The maximum Gasteiger partial charge on any atom is 0.137 e. The number of fused-ring (bicyclic) bond motifs is 1. The number of pyridine rings is 3. The zero-order chi connectivity index (χ0) is 29.8. The van der Waals surface area contributed by atoms with Gasteiger partial charge in [0, 0.05) is 66.1 Å². The van der Waals surface area contributed by atoms with Crippen LogP contribution in [-0.2, 0) is 4.74 Å². The van der Waals surface area contributed by atoms with Crippen molar-refractivity contribution in [3.05, 3.63) is 77.4 Å². The maximum absolute atomic E-state index is 15.6. The van der Waals surface area contributed by atoms with Crippen molar-refractivity contribution in [2.24, 2.45) is 11.8 Å². The van der Waals surface area contributed by atoms with Crippen LogP contribution in [0.15, 0.2) is 48.8 Å². The van der Waals surface area contributed by atoms with Crippen LogP contribution in [0.3, 0.4) is 0 Å². The molecular weight excluding hydrogens is 548 g/mol. The van der Waals surface area contributed by atoms with Crippen molar-refractivity contribution in [2.75, 3.05) is 29.9 Å². The Bertz CT molecular complexity index is 1820. The standard InChI is InChI=1S/C33H33F2N7O/c1-17-11-22(17)28-16-42(9-10-43-28)29-14-26(23(15-37-29)30-19(3)40-41-20(30)4)38-33-18(2)32(25-7-5-6-8-36-25)39-27-13-21(34)12-24(35)31(27)33/h5-8,12-15,17,22,28H,9-11,16H2,1-4H3,(H,40,41)(H,37,38,39)/t17?,22-,28?/m0/s1. The van der Waals surface area contributed by atoms with E-state index in [1.54, 1.807) is 6.20 Å². The first-order valence-electron chi connectivity index (χ1n) is 14.6. The molecule has 1 aromatic carbocycles. The molecule has 8 nitrogen and oxygen atoms in total. The lowest BCUT2D eigenvalue weighted by atomic mass is 10.0. The number of benzene rings is 1. The van der Waals surface area contributed by atoms with E-state index in [1.165, 1.54) is 12.5 Å². The average Bonchev–Trinajstić information content (AvgIpc) is 3.65. The molecule has 1 aliphatic carbocycles. The minimum Gasteiger partial charge on any atom is -0.374 e. The molecule has 220 valence electrons. The summed E-state index contributed by atoms with van der Waals surface area (Å²) in [6.07, 6.45) is 4.89. The minimum absolute atomic E-state index is 0.177. The summed E-state index contributed by atoms with van der Waals surface area (Å²) in [7, 11) is 0. The fourth-order valence-corrected chi connectivity index (χ4v) is 6.33. The summed E-state index contributed by atoms with van der Waals surface area (Å²) in [5.41, 5.74) is 6.72. The largest absolute Gasteiger partial charge is 0.374 e. The molecule has 43 heavy (non-hydrogen) atoms. The fourth-order valence-electron chi connectivity index (χ4n) is 6.33. The number of aryl methyl sites for hydroxylation is 2. The summed E-state index contributed by atoms with van der Waals surface area (Å²) < 4.78 is 36.1. The highest BCUT2D eigenvalue weighted by Gasteiger charge is 2.42. The third kappa shape index (κ3) is 4.99. The van der Waals surface area contributed by atoms with Crippen molar-refractivity contribution >= 4 is 28.1 Å². The lowest BCUT2D eigenvalue weighted by Gasteiger charge is -2.34. The van der Waals surface area contributed by atoms with Gasteiger partial charge in [0.1, 0.15) is 17.5 Å². The Morgan fingerprint density at radius 2 is 1.93 bits per heavy atom. The van der Waals surface area contributed by atoms with Crippen LogP contribution in [0.4, 0.5) is 26.0 Å². The van der Waals surface area contributed by atoms with E-state index in [0.29, 0.717) is 41.1 Å². The van der Waals surface area contributed by atoms with E-state index in [-0.39, 0.29) is 17.0 Å². The monoisotopic (exact) mass is 581 g/mol. The molecule has 10 heteroatoms. The van der Waals surface area contributed by atoms with Gasteiger partial charge < -0.3 is 15.0 Å². The molecule has 4 aromatic heterocycles. The van der Waals surface area contributed by atoms with Gasteiger partial charge in [-0.1, -0.05) is 13.0 Å². The topological polar surface area (TPSA) is 91.9 Å². The molecule has 1 aliphatic heterocycles. The second-order valence-corrected chi connectivity index (χ2v) is 11.7. The third-order valence-corrected chi connectivity index (χ3v) is 8.77. The highest BCUT2D eigenvalue weighted by molar-refractivity contribution is 5.99. The zero-order valence-electron chi connectivity index (χ0n) is 24.6. The van der Waals surface area contributed by atoms with Crippen molar-refractivity contribution in [3.63, 3.8) is 0 Å². The first-order valence-corrected chi connectivity index (χ1v) is 14.6. The Labute approximate surface area is 248 Å². The third-order valence-electron chi connectivity index (χ3n) is 8.77. The van der Waals surface area contributed by atoms with Crippen molar-refractivity contribution in [3.8, 4) is 22.5 Å². The van der Waals surface area contributed by atoms with Crippen LogP contribution in [0.2, 0.25) is 0 Å². The summed E-state index contributed by atoms with van der Waals surface area (Å²) >= 11 is 0. The second-order valence-electron chi connectivity index (χ2n) is 11.7. The van der Waals surface area contributed by atoms with Crippen LogP contribution < -0.4 is 10.2 Å². The molecule has 2 aliphatic rings. The van der Waals surface area contributed by atoms with Crippen LogP contribution in [0.1, 0.15) is 30.3 Å². The van der Waals surface area contributed by atoms with Crippen LogP contribution in [0.5, 0.6) is 0 Å². The van der Waals surface area contributed by atoms with Crippen LogP contribution >= 0.6 is 0 Å². The van der Waals surface area contributed by atoms with Gasteiger partial charge in [-0.05, 0) is 51.2 Å².